The maximum absolute atomic E-state index is 12.5. The number of rotatable bonds is 2. The third-order valence-electron chi connectivity index (χ3n) is 3.59. The molecule has 2 atom stereocenters. The van der Waals surface area contributed by atoms with Gasteiger partial charge in [-0.2, -0.15) is 0 Å². The Kier molecular flexibility index (Phi) is 3.92. The van der Waals surface area contributed by atoms with E-state index in [0.29, 0.717) is 28.2 Å². The predicted molar refractivity (Wildman–Crippen MR) is 74.2 cm³/mol. The molecule has 18 heavy (non-hydrogen) atoms. The number of anilines is 1. The van der Waals surface area contributed by atoms with Crippen LogP contribution in [0.25, 0.3) is 0 Å². The molecular weight excluding hydrogens is 296 g/mol. The number of hydrogen-bond donors (Lipinski definition) is 2. The molecule has 1 aliphatic heterocycles. The Hall–Kier alpha value is -1.07. The van der Waals surface area contributed by atoms with E-state index in [9.17, 15) is 9.90 Å². The molecule has 1 aromatic carbocycles. The normalized spacial score (nSPS) is 23.4. The van der Waals surface area contributed by atoms with E-state index in [0.717, 1.165) is 6.42 Å². The number of benzene rings is 1. The van der Waals surface area contributed by atoms with Crippen LogP contribution in [0, 0.1) is 5.92 Å². The van der Waals surface area contributed by atoms with Gasteiger partial charge < -0.3 is 15.7 Å². The zero-order valence-electron chi connectivity index (χ0n) is 10.3. The molecule has 3 N–H and O–H groups in total. The standard InChI is InChI=1S/C13H17BrN2O2/c1-8-5-6-16(11(8)7-17)13(18)9-3-2-4-10(15)12(9)14/h2-4,8,11,17H,5-7,15H2,1H3. The van der Waals surface area contributed by atoms with Gasteiger partial charge in [0.2, 0.25) is 0 Å². The topological polar surface area (TPSA) is 66.6 Å². The van der Waals surface area contributed by atoms with E-state index in [-0.39, 0.29) is 18.6 Å². The van der Waals surface area contributed by atoms with Crippen LogP contribution >= 0.6 is 15.9 Å². The van der Waals surface area contributed by atoms with Crippen molar-refractivity contribution in [3.63, 3.8) is 0 Å². The molecule has 1 aliphatic rings. The lowest BCUT2D eigenvalue weighted by Crippen LogP contribution is -2.40. The van der Waals surface area contributed by atoms with Gasteiger partial charge in [-0.05, 0) is 40.4 Å². The van der Waals surface area contributed by atoms with Gasteiger partial charge in [-0.25, -0.2) is 0 Å². The Morgan fingerprint density at radius 3 is 3.00 bits per heavy atom. The summed E-state index contributed by atoms with van der Waals surface area (Å²) in [5, 5.41) is 9.40. The largest absolute Gasteiger partial charge is 0.398 e. The average molecular weight is 313 g/mol. The molecule has 1 aromatic rings. The molecule has 1 amide bonds. The van der Waals surface area contributed by atoms with E-state index in [2.05, 4.69) is 22.9 Å². The van der Waals surface area contributed by atoms with Crippen molar-refractivity contribution in [3.05, 3.63) is 28.2 Å². The van der Waals surface area contributed by atoms with E-state index in [1.165, 1.54) is 0 Å². The second kappa shape index (κ2) is 5.28. The summed E-state index contributed by atoms with van der Waals surface area (Å²) in [4.78, 5) is 14.2. The molecule has 0 aromatic heterocycles. The van der Waals surface area contributed by atoms with Gasteiger partial charge in [0.25, 0.3) is 5.91 Å². The van der Waals surface area contributed by atoms with Crippen LogP contribution in [0.4, 0.5) is 5.69 Å². The fraction of sp³-hybridized carbons (Fsp3) is 0.462. The molecule has 2 rings (SSSR count). The Morgan fingerprint density at radius 2 is 2.33 bits per heavy atom. The van der Waals surface area contributed by atoms with Crippen LogP contribution in [0.15, 0.2) is 22.7 Å². The van der Waals surface area contributed by atoms with E-state index in [1.54, 1.807) is 23.1 Å². The lowest BCUT2D eigenvalue weighted by atomic mass is 10.0. The molecule has 0 spiro atoms. The quantitative estimate of drug-likeness (QED) is 0.819. The smallest absolute Gasteiger partial charge is 0.255 e. The summed E-state index contributed by atoms with van der Waals surface area (Å²) in [6, 6.07) is 5.17. The number of halogens is 1. The number of carbonyl (C=O) groups excluding carboxylic acids is 1. The summed E-state index contributed by atoms with van der Waals surface area (Å²) in [6.45, 7) is 2.75. The zero-order chi connectivity index (χ0) is 13.3. The SMILES string of the molecule is CC1CCN(C(=O)c2cccc(N)c2Br)C1CO. The number of amides is 1. The second-order valence-electron chi connectivity index (χ2n) is 4.72. The van der Waals surface area contributed by atoms with Crippen molar-refractivity contribution in [1.29, 1.82) is 0 Å². The highest BCUT2D eigenvalue weighted by molar-refractivity contribution is 9.10. The fourth-order valence-electron chi connectivity index (χ4n) is 2.41. The molecule has 0 radical (unpaired) electrons. The fourth-order valence-corrected chi connectivity index (χ4v) is 2.84. The van der Waals surface area contributed by atoms with Crippen molar-refractivity contribution >= 4 is 27.5 Å². The lowest BCUT2D eigenvalue weighted by molar-refractivity contribution is 0.0647. The highest BCUT2D eigenvalue weighted by Crippen LogP contribution is 2.29. The molecule has 4 nitrogen and oxygen atoms in total. The third kappa shape index (κ3) is 2.24. The number of aliphatic hydroxyl groups excluding tert-OH is 1. The molecule has 1 fully saturated rings. The number of aliphatic hydroxyl groups is 1. The summed E-state index contributed by atoms with van der Waals surface area (Å²) in [7, 11) is 0. The van der Waals surface area contributed by atoms with Crippen LogP contribution in [0.5, 0.6) is 0 Å². The van der Waals surface area contributed by atoms with Gasteiger partial charge in [0.15, 0.2) is 0 Å². The maximum atomic E-state index is 12.5. The van der Waals surface area contributed by atoms with Crippen molar-refractivity contribution in [2.24, 2.45) is 5.92 Å². The van der Waals surface area contributed by atoms with Gasteiger partial charge in [-0.15, -0.1) is 0 Å². The van der Waals surface area contributed by atoms with Crippen molar-refractivity contribution in [3.8, 4) is 0 Å². The minimum absolute atomic E-state index is 0.00679. The molecule has 0 bridgehead atoms. The summed E-state index contributed by atoms with van der Waals surface area (Å²) in [5.74, 6) is 0.261. The zero-order valence-corrected chi connectivity index (χ0v) is 11.9. The molecule has 0 aliphatic carbocycles. The Labute approximate surface area is 115 Å². The monoisotopic (exact) mass is 312 g/mol. The number of likely N-dealkylation sites (tertiary alicyclic amines) is 1. The minimum atomic E-state index is -0.0918. The Morgan fingerprint density at radius 1 is 1.61 bits per heavy atom. The highest BCUT2D eigenvalue weighted by Gasteiger charge is 2.34. The number of nitrogens with zero attached hydrogens (tertiary/aromatic N) is 1. The molecule has 2 unspecified atom stereocenters. The van der Waals surface area contributed by atoms with E-state index in [1.807, 2.05) is 0 Å². The third-order valence-corrected chi connectivity index (χ3v) is 4.47. The molecule has 98 valence electrons. The number of nitrogens with two attached hydrogens (primary N) is 1. The van der Waals surface area contributed by atoms with Crippen molar-refractivity contribution in [2.75, 3.05) is 18.9 Å². The molecule has 1 heterocycles. The lowest BCUT2D eigenvalue weighted by Gasteiger charge is -2.25. The second-order valence-corrected chi connectivity index (χ2v) is 5.52. The first-order valence-electron chi connectivity index (χ1n) is 6.02. The van der Waals surface area contributed by atoms with Gasteiger partial charge in [0.05, 0.1) is 22.7 Å². The Balaban J connectivity index is 2.29. The van der Waals surface area contributed by atoms with Gasteiger partial charge in [-0.3, -0.25) is 4.79 Å². The summed E-state index contributed by atoms with van der Waals surface area (Å²) < 4.78 is 0.631. The van der Waals surface area contributed by atoms with Crippen LogP contribution in [0.3, 0.4) is 0 Å². The van der Waals surface area contributed by atoms with E-state index in [4.69, 9.17) is 5.73 Å². The number of hydrogen-bond acceptors (Lipinski definition) is 3. The van der Waals surface area contributed by atoms with Crippen LogP contribution < -0.4 is 5.73 Å². The van der Waals surface area contributed by atoms with Crippen LogP contribution in [0.1, 0.15) is 23.7 Å². The minimum Gasteiger partial charge on any atom is -0.398 e. The van der Waals surface area contributed by atoms with Crippen molar-refractivity contribution in [1.82, 2.24) is 4.90 Å². The maximum Gasteiger partial charge on any atom is 0.255 e. The summed E-state index contributed by atoms with van der Waals surface area (Å²) >= 11 is 3.35. The van der Waals surface area contributed by atoms with Crippen molar-refractivity contribution < 1.29 is 9.90 Å². The van der Waals surface area contributed by atoms with Crippen LogP contribution in [-0.4, -0.2) is 35.1 Å². The van der Waals surface area contributed by atoms with Crippen LogP contribution in [0.2, 0.25) is 0 Å². The van der Waals surface area contributed by atoms with Gasteiger partial charge in [-0.1, -0.05) is 13.0 Å². The first-order valence-corrected chi connectivity index (χ1v) is 6.81. The van der Waals surface area contributed by atoms with Gasteiger partial charge >= 0.3 is 0 Å². The first-order chi connectivity index (χ1) is 8.56. The predicted octanol–water partition coefficient (Wildman–Crippen LogP) is 1.87. The summed E-state index contributed by atoms with van der Waals surface area (Å²) in [5.41, 5.74) is 6.89. The first kappa shape index (κ1) is 13.4. The average Bonchev–Trinajstić information content (AvgIpc) is 2.73. The molecule has 5 heteroatoms. The summed E-state index contributed by atoms with van der Waals surface area (Å²) in [6.07, 6.45) is 0.927. The number of nitrogen functional groups attached to an aromatic ring is 1. The molecule has 1 saturated heterocycles. The van der Waals surface area contributed by atoms with E-state index < -0.39 is 0 Å². The van der Waals surface area contributed by atoms with Crippen molar-refractivity contribution in [2.45, 2.75) is 19.4 Å². The number of carbonyl (C=O) groups is 1. The molecular formula is C13H17BrN2O2. The molecule has 0 saturated carbocycles. The van der Waals surface area contributed by atoms with E-state index >= 15 is 0 Å². The van der Waals surface area contributed by atoms with Gasteiger partial charge in [0, 0.05) is 12.2 Å². The van der Waals surface area contributed by atoms with Gasteiger partial charge in [0.1, 0.15) is 0 Å². The highest BCUT2D eigenvalue weighted by atomic mass is 79.9. The Bertz CT molecular complexity index is 464. The van der Waals surface area contributed by atoms with Crippen LogP contribution in [-0.2, 0) is 0 Å².